The highest BCUT2D eigenvalue weighted by molar-refractivity contribution is 5.32. The minimum Gasteiger partial charge on any atom is -0.352 e. The van der Waals surface area contributed by atoms with Gasteiger partial charge in [0.1, 0.15) is 0 Å². The molecule has 1 fully saturated rings. The summed E-state index contributed by atoms with van der Waals surface area (Å²) in [6, 6.07) is 0. The molecule has 1 saturated heterocycles. The fraction of sp³-hybridized carbons (Fsp3) is 0.467. The third kappa shape index (κ3) is 1.87. The van der Waals surface area contributed by atoms with Gasteiger partial charge in [0.2, 0.25) is 0 Å². The summed E-state index contributed by atoms with van der Waals surface area (Å²) in [6.45, 7) is 22.8. The molecule has 1 rings (SSSR count). The van der Waals surface area contributed by atoms with E-state index in [9.17, 15) is 0 Å². The molecule has 1 heterocycles. The van der Waals surface area contributed by atoms with Crippen LogP contribution in [0.5, 0.6) is 0 Å². The maximum absolute atomic E-state index is 4.19. The highest BCUT2D eigenvalue weighted by atomic mass is 15.2. The Labute approximate surface area is 99.8 Å². The van der Waals surface area contributed by atoms with Gasteiger partial charge in [-0.15, -0.1) is 0 Å². The second kappa shape index (κ2) is 4.32. The summed E-state index contributed by atoms with van der Waals surface area (Å²) in [5.74, 6) is 1.09. The van der Waals surface area contributed by atoms with Crippen molar-refractivity contribution in [3.05, 3.63) is 48.9 Å². The molecular formula is C15H23N. The lowest BCUT2D eigenvalue weighted by Gasteiger charge is -2.26. The lowest BCUT2D eigenvalue weighted by atomic mass is 9.77. The van der Waals surface area contributed by atoms with E-state index in [4.69, 9.17) is 0 Å². The molecule has 0 bridgehead atoms. The van der Waals surface area contributed by atoms with Crippen LogP contribution in [-0.2, 0) is 0 Å². The summed E-state index contributed by atoms with van der Waals surface area (Å²) in [7, 11) is 2.03. The molecular weight excluding hydrogens is 194 g/mol. The zero-order chi connectivity index (χ0) is 12.6. The van der Waals surface area contributed by atoms with E-state index in [1.54, 1.807) is 0 Å². The van der Waals surface area contributed by atoms with Crippen LogP contribution >= 0.6 is 0 Å². The molecule has 0 aliphatic carbocycles. The predicted octanol–water partition coefficient (Wildman–Crippen LogP) is 3.98. The Morgan fingerprint density at radius 3 is 2.06 bits per heavy atom. The third-order valence-corrected chi connectivity index (χ3v) is 3.81. The van der Waals surface area contributed by atoms with Crippen molar-refractivity contribution in [2.45, 2.75) is 20.8 Å². The van der Waals surface area contributed by atoms with Crippen molar-refractivity contribution >= 4 is 0 Å². The molecule has 0 N–H and O–H groups in total. The molecule has 16 heavy (non-hydrogen) atoms. The first kappa shape index (κ1) is 12.8. The van der Waals surface area contributed by atoms with Crippen LogP contribution in [-0.4, -0.2) is 11.9 Å². The van der Waals surface area contributed by atoms with E-state index >= 15 is 0 Å². The first-order chi connectivity index (χ1) is 7.29. The van der Waals surface area contributed by atoms with E-state index in [2.05, 4.69) is 52.0 Å². The number of hydrogen-bond donors (Lipinski definition) is 0. The predicted molar refractivity (Wildman–Crippen MR) is 71.8 cm³/mol. The number of rotatable bonds is 3. The fourth-order valence-electron chi connectivity index (χ4n) is 2.49. The molecule has 3 unspecified atom stereocenters. The van der Waals surface area contributed by atoms with Crippen LogP contribution in [0, 0.1) is 17.8 Å². The van der Waals surface area contributed by atoms with Gasteiger partial charge in [0.05, 0.1) is 0 Å². The number of allylic oxidation sites excluding steroid dienone is 3. The number of nitrogens with zero attached hydrogens (tertiary/aromatic N) is 1. The van der Waals surface area contributed by atoms with Gasteiger partial charge in [-0.1, -0.05) is 44.4 Å². The van der Waals surface area contributed by atoms with Gasteiger partial charge >= 0.3 is 0 Å². The second-order valence-electron chi connectivity index (χ2n) is 5.03. The van der Waals surface area contributed by atoms with Crippen molar-refractivity contribution < 1.29 is 0 Å². The maximum Gasteiger partial charge on any atom is 0.0278 e. The summed E-state index contributed by atoms with van der Waals surface area (Å²) in [4.78, 5) is 2.10. The molecule has 0 spiro atoms. The lowest BCUT2D eigenvalue weighted by Crippen LogP contribution is -2.20. The molecule has 1 aliphatic rings. The zero-order valence-corrected chi connectivity index (χ0v) is 11.0. The monoisotopic (exact) mass is 217 g/mol. The van der Waals surface area contributed by atoms with Gasteiger partial charge in [-0.2, -0.15) is 0 Å². The topological polar surface area (TPSA) is 3.24 Å². The van der Waals surface area contributed by atoms with Crippen molar-refractivity contribution in [3.63, 3.8) is 0 Å². The second-order valence-corrected chi connectivity index (χ2v) is 5.03. The molecule has 1 heteroatoms. The number of likely N-dealkylation sites (tertiary alicyclic amines) is 1. The molecule has 1 aliphatic heterocycles. The van der Waals surface area contributed by atoms with Crippen LogP contribution < -0.4 is 0 Å². The van der Waals surface area contributed by atoms with Crippen molar-refractivity contribution in [2.24, 2.45) is 17.8 Å². The maximum atomic E-state index is 4.19. The molecule has 0 saturated carbocycles. The Morgan fingerprint density at radius 1 is 1.19 bits per heavy atom. The van der Waals surface area contributed by atoms with Crippen LogP contribution in [0.4, 0.5) is 0 Å². The van der Waals surface area contributed by atoms with E-state index in [1.807, 2.05) is 7.05 Å². The van der Waals surface area contributed by atoms with E-state index in [0.29, 0.717) is 17.8 Å². The third-order valence-electron chi connectivity index (χ3n) is 3.81. The Hall–Kier alpha value is -1.24. The van der Waals surface area contributed by atoms with E-state index in [-0.39, 0.29) is 0 Å². The zero-order valence-electron chi connectivity index (χ0n) is 11.0. The van der Waals surface area contributed by atoms with Crippen LogP contribution in [0.3, 0.4) is 0 Å². The Bertz CT molecular complexity index is 362. The van der Waals surface area contributed by atoms with E-state index in [1.165, 1.54) is 5.57 Å². The smallest absolute Gasteiger partial charge is 0.0278 e. The molecule has 0 aromatic rings. The summed E-state index contributed by atoms with van der Waals surface area (Å²) >= 11 is 0. The SMILES string of the molecule is C=C(C)C(C)C1C(=C)N(C)C(=C)C1C(=C)C. The van der Waals surface area contributed by atoms with Gasteiger partial charge in [0.15, 0.2) is 0 Å². The van der Waals surface area contributed by atoms with Crippen LogP contribution in [0.1, 0.15) is 20.8 Å². The molecule has 0 amide bonds. The quantitative estimate of drug-likeness (QED) is 0.646. The van der Waals surface area contributed by atoms with Gasteiger partial charge in [-0.25, -0.2) is 0 Å². The summed E-state index contributed by atoms with van der Waals surface area (Å²) < 4.78 is 0. The van der Waals surface area contributed by atoms with Gasteiger partial charge in [-0.3, -0.25) is 0 Å². The van der Waals surface area contributed by atoms with Gasteiger partial charge in [0, 0.05) is 30.3 Å². The lowest BCUT2D eigenvalue weighted by molar-refractivity contribution is 0.411. The molecule has 0 aromatic heterocycles. The van der Waals surface area contributed by atoms with Crippen molar-refractivity contribution in [3.8, 4) is 0 Å². The van der Waals surface area contributed by atoms with E-state index in [0.717, 1.165) is 17.0 Å². The Balaban J connectivity index is 3.14. The van der Waals surface area contributed by atoms with Crippen molar-refractivity contribution in [1.29, 1.82) is 0 Å². The minimum absolute atomic E-state index is 0.309. The average molecular weight is 217 g/mol. The normalized spacial score (nSPS) is 27.1. The minimum atomic E-state index is 0.309. The molecule has 3 atom stereocenters. The van der Waals surface area contributed by atoms with Gasteiger partial charge in [0.25, 0.3) is 0 Å². The standard InChI is InChI=1S/C15H23N/c1-9(2)11(5)15-13(7)16(8)12(6)14(15)10(3)4/h11,14-15H,1,3,6-7H2,2,4-5,8H3. The van der Waals surface area contributed by atoms with Crippen LogP contribution in [0.25, 0.3) is 0 Å². The van der Waals surface area contributed by atoms with Crippen molar-refractivity contribution in [1.82, 2.24) is 4.90 Å². The first-order valence-corrected chi connectivity index (χ1v) is 5.71. The molecule has 0 radical (unpaired) electrons. The Kier molecular flexibility index (Phi) is 3.47. The van der Waals surface area contributed by atoms with E-state index < -0.39 is 0 Å². The average Bonchev–Trinajstić information content (AvgIpc) is 2.41. The van der Waals surface area contributed by atoms with Crippen LogP contribution in [0.2, 0.25) is 0 Å². The number of hydrogen-bond acceptors (Lipinski definition) is 1. The summed E-state index contributed by atoms with van der Waals surface area (Å²) in [5.41, 5.74) is 4.60. The first-order valence-electron chi connectivity index (χ1n) is 5.71. The molecule has 88 valence electrons. The summed E-state index contributed by atoms with van der Waals surface area (Å²) in [5, 5.41) is 0. The van der Waals surface area contributed by atoms with Crippen molar-refractivity contribution in [2.75, 3.05) is 7.05 Å². The summed E-state index contributed by atoms with van der Waals surface area (Å²) in [6.07, 6.45) is 0. The largest absolute Gasteiger partial charge is 0.352 e. The molecule has 0 aromatic carbocycles. The van der Waals surface area contributed by atoms with Gasteiger partial charge in [-0.05, 0) is 19.8 Å². The van der Waals surface area contributed by atoms with Gasteiger partial charge < -0.3 is 4.90 Å². The highest BCUT2D eigenvalue weighted by Gasteiger charge is 2.40. The highest BCUT2D eigenvalue weighted by Crippen LogP contribution is 2.46. The fourth-order valence-corrected chi connectivity index (χ4v) is 2.49. The molecule has 1 nitrogen and oxygen atoms in total. The Morgan fingerprint density at radius 2 is 1.69 bits per heavy atom. The van der Waals surface area contributed by atoms with Crippen LogP contribution in [0.15, 0.2) is 48.9 Å².